The standard InChI is InChI=1S/C28H25NO5/c1-28(2)33-26(30)25(27(31)34-28)24(22-16-29-23-11-7-6-10-21(22)23)19-12-14-20(15-13-19)32-17-18-8-4-3-5-9-18/h3-16,24-25,29H,17H2,1-2H3/t24-/m1/s1. The molecule has 4 aromatic rings. The smallest absolute Gasteiger partial charge is 0.324 e. The van der Waals surface area contributed by atoms with Crippen LogP contribution in [0.15, 0.2) is 85.1 Å². The molecule has 0 amide bonds. The molecule has 1 atom stereocenters. The van der Waals surface area contributed by atoms with Crippen LogP contribution in [-0.2, 0) is 25.7 Å². The highest BCUT2D eigenvalue weighted by molar-refractivity contribution is 5.99. The van der Waals surface area contributed by atoms with Crippen molar-refractivity contribution in [3.8, 4) is 5.75 Å². The fraction of sp³-hybridized carbons (Fsp3) is 0.214. The third-order valence-corrected chi connectivity index (χ3v) is 5.98. The largest absolute Gasteiger partial charge is 0.489 e. The van der Waals surface area contributed by atoms with Gasteiger partial charge >= 0.3 is 11.9 Å². The molecule has 34 heavy (non-hydrogen) atoms. The molecule has 0 bridgehead atoms. The Labute approximate surface area is 197 Å². The molecule has 0 radical (unpaired) electrons. The SMILES string of the molecule is CC1(C)OC(=O)C([C@H](c2ccc(OCc3ccccc3)cc2)c2c[nH]c3ccccc23)C(=O)O1. The maximum Gasteiger partial charge on any atom is 0.324 e. The zero-order valence-corrected chi connectivity index (χ0v) is 19.0. The van der Waals surface area contributed by atoms with Crippen molar-refractivity contribution in [3.05, 3.63) is 102 Å². The zero-order valence-electron chi connectivity index (χ0n) is 19.0. The molecule has 0 spiro atoms. The Morgan fingerprint density at radius 3 is 2.24 bits per heavy atom. The number of hydrogen-bond acceptors (Lipinski definition) is 5. The first kappa shape index (κ1) is 21.8. The molecule has 1 N–H and O–H groups in total. The van der Waals surface area contributed by atoms with Crippen LogP contribution in [0.3, 0.4) is 0 Å². The number of carbonyl (C=O) groups is 2. The summed E-state index contributed by atoms with van der Waals surface area (Å²) in [5, 5.41) is 0.933. The van der Waals surface area contributed by atoms with Gasteiger partial charge in [-0.25, -0.2) is 0 Å². The van der Waals surface area contributed by atoms with Crippen molar-refractivity contribution in [1.82, 2.24) is 4.98 Å². The van der Waals surface area contributed by atoms with E-state index >= 15 is 0 Å². The number of ether oxygens (including phenoxy) is 3. The van der Waals surface area contributed by atoms with E-state index in [9.17, 15) is 9.59 Å². The van der Waals surface area contributed by atoms with E-state index in [1.807, 2.05) is 85.1 Å². The van der Waals surface area contributed by atoms with Crippen LogP contribution < -0.4 is 4.74 Å². The number of cyclic esters (lactones) is 2. The van der Waals surface area contributed by atoms with Gasteiger partial charge in [0, 0.05) is 36.9 Å². The van der Waals surface area contributed by atoms with Gasteiger partial charge in [-0.1, -0.05) is 60.7 Å². The third-order valence-electron chi connectivity index (χ3n) is 5.98. The highest BCUT2D eigenvalue weighted by Gasteiger charge is 2.48. The van der Waals surface area contributed by atoms with E-state index in [-0.39, 0.29) is 0 Å². The van der Waals surface area contributed by atoms with Crippen LogP contribution in [-0.4, -0.2) is 22.7 Å². The van der Waals surface area contributed by atoms with Crippen LogP contribution in [0.2, 0.25) is 0 Å². The topological polar surface area (TPSA) is 77.6 Å². The molecule has 172 valence electrons. The normalized spacial score (nSPS) is 16.6. The van der Waals surface area contributed by atoms with E-state index in [1.54, 1.807) is 13.8 Å². The molecule has 1 fully saturated rings. The van der Waals surface area contributed by atoms with Crippen LogP contribution >= 0.6 is 0 Å². The first-order valence-electron chi connectivity index (χ1n) is 11.2. The summed E-state index contributed by atoms with van der Waals surface area (Å²) in [5.41, 5.74) is 3.60. The molecule has 1 saturated heterocycles. The van der Waals surface area contributed by atoms with Crippen LogP contribution in [0.5, 0.6) is 5.75 Å². The Bertz CT molecular complexity index is 1300. The molecule has 1 aliphatic heterocycles. The summed E-state index contributed by atoms with van der Waals surface area (Å²) in [5.74, 6) is -3.49. The molecule has 0 unspecified atom stereocenters. The summed E-state index contributed by atoms with van der Waals surface area (Å²) in [7, 11) is 0. The highest BCUT2D eigenvalue weighted by atomic mass is 16.7. The molecule has 2 heterocycles. The van der Waals surface area contributed by atoms with E-state index in [2.05, 4.69) is 4.98 Å². The van der Waals surface area contributed by atoms with Crippen molar-refractivity contribution in [1.29, 1.82) is 0 Å². The van der Waals surface area contributed by atoms with Crippen molar-refractivity contribution in [2.24, 2.45) is 5.92 Å². The highest BCUT2D eigenvalue weighted by Crippen LogP contribution is 2.41. The van der Waals surface area contributed by atoms with Gasteiger partial charge in [0.25, 0.3) is 5.79 Å². The van der Waals surface area contributed by atoms with Gasteiger partial charge in [-0.15, -0.1) is 0 Å². The van der Waals surface area contributed by atoms with Crippen LogP contribution in [0.1, 0.15) is 36.5 Å². The number of rotatable bonds is 6. The molecule has 3 aromatic carbocycles. The Hall–Kier alpha value is -4.06. The Kier molecular flexibility index (Phi) is 5.57. The van der Waals surface area contributed by atoms with Gasteiger partial charge in [0.05, 0.1) is 0 Å². The maximum absolute atomic E-state index is 13.0. The number of esters is 2. The van der Waals surface area contributed by atoms with Gasteiger partial charge in [-0.05, 0) is 34.9 Å². The number of H-pyrrole nitrogens is 1. The summed E-state index contributed by atoms with van der Waals surface area (Å²) >= 11 is 0. The number of hydrogen-bond donors (Lipinski definition) is 1. The lowest BCUT2D eigenvalue weighted by Gasteiger charge is -2.36. The summed E-state index contributed by atoms with van der Waals surface area (Å²) in [6.45, 7) is 3.56. The van der Waals surface area contributed by atoms with E-state index in [0.29, 0.717) is 12.4 Å². The Morgan fingerprint density at radius 1 is 0.882 bits per heavy atom. The molecular formula is C28H25NO5. The van der Waals surface area contributed by atoms with Gasteiger partial charge in [0.2, 0.25) is 0 Å². The first-order chi connectivity index (χ1) is 16.4. The summed E-state index contributed by atoms with van der Waals surface area (Å²) in [6.07, 6.45) is 1.84. The number of aromatic amines is 1. The minimum absolute atomic E-state index is 0.447. The fourth-order valence-corrected chi connectivity index (χ4v) is 4.42. The lowest BCUT2D eigenvalue weighted by atomic mass is 9.80. The van der Waals surface area contributed by atoms with E-state index in [0.717, 1.165) is 27.6 Å². The van der Waals surface area contributed by atoms with Crippen molar-refractivity contribution in [3.63, 3.8) is 0 Å². The Balaban J connectivity index is 1.50. The summed E-state index contributed by atoms with van der Waals surface area (Å²) in [6, 6.07) is 25.2. The Morgan fingerprint density at radius 2 is 1.53 bits per heavy atom. The first-order valence-corrected chi connectivity index (χ1v) is 11.2. The lowest BCUT2D eigenvalue weighted by Crippen LogP contribution is -2.48. The predicted octanol–water partition coefficient (Wildman–Crippen LogP) is 5.33. The minimum Gasteiger partial charge on any atom is -0.489 e. The predicted molar refractivity (Wildman–Crippen MR) is 127 cm³/mol. The van der Waals surface area contributed by atoms with Crippen molar-refractivity contribution in [2.75, 3.05) is 0 Å². The van der Waals surface area contributed by atoms with Crippen molar-refractivity contribution >= 4 is 22.8 Å². The van der Waals surface area contributed by atoms with Crippen molar-refractivity contribution in [2.45, 2.75) is 32.2 Å². The molecule has 0 aliphatic carbocycles. The maximum atomic E-state index is 13.0. The average molecular weight is 456 g/mol. The summed E-state index contributed by atoms with van der Waals surface area (Å²) < 4.78 is 16.8. The number of benzene rings is 3. The number of nitrogens with one attached hydrogen (secondary N) is 1. The van der Waals surface area contributed by atoms with Gasteiger partial charge in [0.15, 0.2) is 5.92 Å². The van der Waals surface area contributed by atoms with Gasteiger partial charge in [-0.2, -0.15) is 0 Å². The fourth-order valence-electron chi connectivity index (χ4n) is 4.42. The van der Waals surface area contributed by atoms with Crippen molar-refractivity contribution < 1.29 is 23.8 Å². The second-order valence-electron chi connectivity index (χ2n) is 8.83. The molecule has 6 nitrogen and oxygen atoms in total. The minimum atomic E-state index is -1.29. The van der Waals surface area contributed by atoms with Crippen LogP contribution in [0.4, 0.5) is 0 Å². The van der Waals surface area contributed by atoms with Crippen LogP contribution in [0, 0.1) is 5.92 Å². The number of para-hydroxylation sites is 1. The second-order valence-corrected chi connectivity index (χ2v) is 8.83. The third kappa shape index (κ3) is 4.27. The monoisotopic (exact) mass is 455 g/mol. The second kappa shape index (κ2) is 8.71. The van der Waals surface area contributed by atoms with Gasteiger partial charge in [-0.3, -0.25) is 9.59 Å². The average Bonchev–Trinajstić information content (AvgIpc) is 3.24. The summed E-state index contributed by atoms with van der Waals surface area (Å²) in [4.78, 5) is 29.3. The lowest BCUT2D eigenvalue weighted by molar-refractivity contribution is -0.240. The molecule has 5 rings (SSSR count). The van der Waals surface area contributed by atoms with E-state index < -0.39 is 29.6 Å². The quantitative estimate of drug-likeness (QED) is 0.314. The number of carbonyl (C=O) groups excluding carboxylic acids is 2. The number of aromatic nitrogens is 1. The number of fused-ring (bicyclic) bond motifs is 1. The molecule has 1 aromatic heterocycles. The van der Waals surface area contributed by atoms with Gasteiger partial charge in [0.1, 0.15) is 12.4 Å². The van der Waals surface area contributed by atoms with Gasteiger partial charge < -0.3 is 19.2 Å². The zero-order chi connectivity index (χ0) is 23.7. The van der Waals surface area contributed by atoms with Crippen LogP contribution in [0.25, 0.3) is 10.9 Å². The van der Waals surface area contributed by atoms with E-state index in [4.69, 9.17) is 14.2 Å². The molecule has 6 heteroatoms. The molecule has 0 saturated carbocycles. The van der Waals surface area contributed by atoms with E-state index in [1.165, 1.54) is 0 Å². The molecular weight excluding hydrogens is 430 g/mol. The molecule has 1 aliphatic rings.